The zero-order valence-corrected chi connectivity index (χ0v) is 10.2. The first-order valence-corrected chi connectivity index (χ1v) is 6.46. The average Bonchev–Trinajstić information content (AvgIpc) is 2.87. The Balaban J connectivity index is 2.02. The van der Waals surface area contributed by atoms with Crippen LogP contribution in [-0.2, 0) is 0 Å². The van der Waals surface area contributed by atoms with Crippen LogP contribution in [-0.4, -0.2) is 19.8 Å². The number of nitrogens with two attached hydrogens (primary N) is 1. The number of aromatic nitrogens is 4. The van der Waals surface area contributed by atoms with Crippen molar-refractivity contribution in [2.24, 2.45) is 11.7 Å². The molecule has 1 unspecified atom stereocenters. The van der Waals surface area contributed by atoms with Crippen LogP contribution >= 0.6 is 11.3 Å². The number of hydrogen-bond donors (Lipinski definition) is 1. The molecule has 0 aliphatic heterocycles. The topological polar surface area (TPSA) is 69.1 Å². The minimum Gasteiger partial charge on any atom is -0.322 e. The van der Waals surface area contributed by atoms with Crippen LogP contribution in [0.5, 0.6) is 0 Å². The zero-order chi connectivity index (χ0) is 11.3. The molecule has 2 aromatic rings. The molecule has 3 rings (SSSR count). The molecule has 1 fully saturated rings. The van der Waals surface area contributed by atoms with Gasteiger partial charge in [0.15, 0.2) is 5.82 Å². The summed E-state index contributed by atoms with van der Waals surface area (Å²) in [5.74, 6) is 1.88. The highest BCUT2D eigenvalue weighted by Gasteiger charge is 2.32. The second-order valence-electron chi connectivity index (χ2n) is 4.71. The van der Waals surface area contributed by atoms with Crippen LogP contribution in [0.1, 0.15) is 49.5 Å². The number of hydrogen-bond acceptors (Lipinski definition) is 5. The zero-order valence-electron chi connectivity index (χ0n) is 9.42. The highest BCUT2D eigenvalue weighted by Crippen LogP contribution is 2.40. The fourth-order valence-electron chi connectivity index (χ4n) is 1.80. The van der Waals surface area contributed by atoms with Crippen molar-refractivity contribution < 1.29 is 0 Å². The summed E-state index contributed by atoms with van der Waals surface area (Å²) < 4.78 is 1.84. The van der Waals surface area contributed by atoms with Crippen molar-refractivity contribution in [1.29, 1.82) is 0 Å². The predicted octanol–water partition coefficient (Wildman–Crippen LogP) is 1.72. The van der Waals surface area contributed by atoms with E-state index in [9.17, 15) is 0 Å². The van der Waals surface area contributed by atoms with Crippen LogP contribution in [0.2, 0.25) is 0 Å². The highest BCUT2D eigenvalue weighted by molar-refractivity contribution is 7.16. The van der Waals surface area contributed by atoms with Crippen LogP contribution in [0.3, 0.4) is 0 Å². The molecular weight excluding hydrogens is 222 g/mol. The molecule has 0 radical (unpaired) electrons. The Labute approximate surface area is 97.7 Å². The molecule has 2 heterocycles. The molecule has 1 saturated carbocycles. The number of fused-ring (bicyclic) bond motifs is 1. The summed E-state index contributed by atoms with van der Waals surface area (Å²) in [7, 11) is 0. The smallest absolute Gasteiger partial charge is 0.234 e. The molecule has 1 atom stereocenters. The van der Waals surface area contributed by atoms with Crippen LogP contribution in [0, 0.1) is 5.92 Å². The van der Waals surface area contributed by atoms with E-state index < -0.39 is 0 Å². The summed E-state index contributed by atoms with van der Waals surface area (Å²) >= 11 is 1.57. The first-order chi connectivity index (χ1) is 7.66. The molecule has 6 heteroatoms. The maximum atomic E-state index is 6.14. The van der Waals surface area contributed by atoms with E-state index in [1.165, 1.54) is 12.8 Å². The summed E-state index contributed by atoms with van der Waals surface area (Å²) in [5, 5.41) is 13.8. The molecule has 0 amide bonds. The van der Waals surface area contributed by atoms with Crippen molar-refractivity contribution in [2.45, 2.75) is 38.6 Å². The second kappa shape index (κ2) is 3.49. The van der Waals surface area contributed by atoms with Gasteiger partial charge < -0.3 is 5.73 Å². The molecule has 0 saturated heterocycles. The Bertz CT molecular complexity index is 510. The lowest BCUT2D eigenvalue weighted by atomic mass is 10.2. The summed E-state index contributed by atoms with van der Waals surface area (Å²) in [6.45, 7) is 4.19. The maximum Gasteiger partial charge on any atom is 0.234 e. The molecule has 0 aromatic carbocycles. The van der Waals surface area contributed by atoms with Crippen molar-refractivity contribution in [3.63, 3.8) is 0 Å². The molecule has 86 valence electrons. The molecule has 1 aliphatic carbocycles. The van der Waals surface area contributed by atoms with Crippen molar-refractivity contribution in [3.05, 3.63) is 10.8 Å². The number of nitrogens with zero attached hydrogens (tertiary/aromatic N) is 4. The van der Waals surface area contributed by atoms with Gasteiger partial charge in [-0.05, 0) is 18.8 Å². The van der Waals surface area contributed by atoms with Gasteiger partial charge in [-0.1, -0.05) is 25.2 Å². The minimum atomic E-state index is 0.0895. The Hall–Kier alpha value is -1.01. The normalized spacial score (nSPS) is 18.5. The van der Waals surface area contributed by atoms with E-state index in [1.54, 1.807) is 11.3 Å². The van der Waals surface area contributed by atoms with Crippen LogP contribution in [0.25, 0.3) is 4.96 Å². The molecule has 2 N–H and O–H groups in total. The largest absolute Gasteiger partial charge is 0.322 e. The third kappa shape index (κ3) is 1.53. The third-order valence-electron chi connectivity index (χ3n) is 2.96. The summed E-state index contributed by atoms with van der Waals surface area (Å²) in [6.07, 6.45) is 2.47. The Kier molecular flexibility index (Phi) is 2.22. The quantitative estimate of drug-likeness (QED) is 0.882. The van der Waals surface area contributed by atoms with Gasteiger partial charge >= 0.3 is 0 Å². The summed E-state index contributed by atoms with van der Waals surface area (Å²) in [4.78, 5) is 0.856. The molecule has 16 heavy (non-hydrogen) atoms. The van der Waals surface area contributed by atoms with E-state index in [0.717, 1.165) is 15.8 Å². The number of rotatable bonds is 3. The van der Waals surface area contributed by atoms with Gasteiger partial charge in [-0.25, -0.2) is 0 Å². The van der Waals surface area contributed by atoms with Gasteiger partial charge in [0, 0.05) is 5.92 Å². The molecule has 1 aliphatic rings. The van der Waals surface area contributed by atoms with Gasteiger partial charge in [0.2, 0.25) is 4.96 Å². The van der Waals surface area contributed by atoms with Gasteiger partial charge in [-0.2, -0.15) is 9.61 Å². The fraction of sp³-hybridized carbons (Fsp3) is 0.700. The SMILES string of the molecule is CC(C)c1nnc2sc(C(N)C3CC3)nn12. The summed E-state index contributed by atoms with van der Waals surface area (Å²) in [5.41, 5.74) is 6.14. The van der Waals surface area contributed by atoms with Crippen molar-refractivity contribution in [1.82, 2.24) is 19.8 Å². The Morgan fingerprint density at radius 3 is 2.75 bits per heavy atom. The standard InChI is InChI=1S/C10H15N5S/c1-5(2)8-12-13-10-15(8)14-9(16-10)7(11)6-3-4-6/h5-7H,3-4,11H2,1-2H3. The van der Waals surface area contributed by atoms with Crippen molar-refractivity contribution in [3.8, 4) is 0 Å². The van der Waals surface area contributed by atoms with E-state index in [4.69, 9.17) is 5.73 Å². The lowest BCUT2D eigenvalue weighted by Crippen LogP contribution is -2.12. The lowest BCUT2D eigenvalue weighted by Gasteiger charge is -2.04. The Morgan fingerprint density at radius 2 is 2.12 bits per heavy atom. The second-order valence-corrected chi connectivity index (χ2v) is 5.70. The monoisotopic (exact) mass is 237 g/mol. The maximum absolute atomic E-state index is 6.14. The highest BCUT2D eigenvalue weighted by atomic mass is 32.1. The van der Waals surface area contributed by atoms with Crippen molar-refractivity contribution >= 4 is 16.3 Å². The van der Waals surface area contributed by atoms with Crippen LogP contribution in [0.4, 0.5) is 0 Å². The van der Waals surface area contributed by atoms with Crippen molar-refractivity contribution in [2.75, 3.05) is 0 Å². The first-order valence-electron chi connectivity index (χ1n) is 5.64. The van der Waals surface area contributed by atoms with Crippen LogP contribution in [0.15, 0.2) is 0 Å². The Morgan fingerprint density at radius 1 is 1.38 bits per heavy atom. The fourth-order valence-corrected chi connectivity index (χ4v) is 2.74. The van der Waals surface area contributed by atoms with Gasteiger partial charge in [0.25, 0.3) is 0 Å². The van der Waals surface area contributed by atoms with E-state index >= 15 is 0 Å². The van der Waals surface area contributed by atoms with Gasteiger partial charge in [0.1, 0.15) is 5.01 Å². The van der Waals surface area contributed by atoms with E-state index in [-0.39, 0.29) is 6.04 Å². The third-order valence-corrected chi connectivity index (χ3v) is 3.96. The molecular formula is C10H15N5S. The van der Waals surface area contributed by atoms with Gasteiger partial charge in [-0.3, -0.25) is 0 Å². The molecule has 0 spiro atoms. The molecule has 2 aromatic heterocycles. The average molecular weight is 237 g/mol. The van der Waals surface area contributed by atoms with E-state index in [1.807, 2.05) is 4.52 Å². The minimum absolute atomic E-state index is 0.0895. The van der Waals surface area contributed by atoms with Crippen LogP contribution < -0.4 is 5.73 Å². The van der Waals surface area contributed by atoms with Gasteiger partial charge in [-0.15, -0.1) is 10.2 Å². The van der Waals surface area contributed by atoms with E-state index in [2.05, 4.69) is 29.1 Å². The molecule has 0 bridgehead atoms. The lowest BCUT2D eigenvalue weighted by molar-refractivity contribution is 0.610. The molecule has 5 nitrogen and oxygen atoms in total. The first kappa shape index (κ1) is 10.2. The van der Waals surface area contributed by atoms with E-state index in [0.29, 0.717) is 11.8 Å². The predicted molar refractivity (Wildman–Crippen MR) is 62.4 cm³/mol. The summed E-state index contributed by atoms with van der Waals surface area (Å²) in [6, 6.07) is 0.0895. The van der Waals surface area contributed by atoms with Gasteiger partial charge in [0.05, 0.1) is 6.04 Å².